The molecule has 0 spiro atoms. The summed E-state index contributed by atoms with van der Waals surface area (Å²) in [6, 6.07) is 0. The van der Waals surface area contributed by atoms with Crippen molar-refractivity contribution in [3.05, 3.63) is 0 Å². The van der Waals surface area contributed by atoms with Crippen molar-refractivity contribution in [1.82, 2.24) is 0 Å². The predicted octanol–water partition coefficient (Wildman–Crippen LogP) is 6.24. The van der Waals surface area contributed by atoms with E-state index in [2.05, 4.69) is 0 Å². The van der Waals surface area contributed by atoms with E-state index < -0.39 is 62.6 Å². The van der Waals surface area contributed by atoms with Gasteiger partial charge in [0.2, 0.25) is 0 Å². The van der Waals surface area contributed by atoms with Gasteiger partial charge in [-0.25, -0.2) is 4.79 Å². The minimum Gasteiger partial charge on any atom is -0.456 e. The minimum absolute atomic E-state index is 0.439. The highest BCUT2D eigenvalue weighted by atomic mass is 16.6. The van der Waals surface area contributed by atoms with E-state index >= 15 is 0 Å². The Hall–Kier alpha value is -1.18. The lowest BCUT2D eigenvalue weighted by Crippen LogP contribution is -2.77. The molecule has 0 atom stereocenters. The van der Waals surface area contributed by atoms with Crippen LogP contribution in [-0.2, 0) is 19.1 Å². The fourth-order valence-electron chi connectivity index (χ4n) is 9.87. The normalized spacial score (nSPS) is 32.3. The highest BCUT2D eigenvalue weighted by molar-refractivity contribution is 5.80. The molecule has 0 aromatic heterocycles. The van der Waals surface area contributed by atoms with E-state index in [1.165, 1.54) is 0 Å². The summed E-state index contributed by atoms with van der Waals surface area (Å²) < 4.78 is 11.8. The van der Waals surface area contributed by atoms with Crippen LogP contribution in [0.2, 0.25) is 0 Å². The molecule has 4 aliphatic rings. The second-order valence-electron chi connectivity index (χ2n) is 14.6. The first-order valence-electron chi connectivity index (χ1n) is 16.0. The molecule has 0 amide bonds. The number of hydrogen-bond acceptors (Lipinski definition) is 7. The van der Waals surface area contributed by atoms with Crippen molar-refractivity contribution >= 4 is 11.9 Å². The fourth-order valence-corrected chi connectivity index (χ4v) is 9.87. The third-order valence-corrected chi connectivity index (χ3v) is 12.6. The number of rotatable bonds is 14. The van der Waals surface area contributed by atoms with Crippen molar-refractivity contribution in [3.8, 4) is 0 Å². The van der Waals surface area contributed by atoms with Crippen molar-refractivity contribution < 1.29 is 34.4 Å². The van der Waals surface area contributed by atoms with Crippen LogP contribution < -0.4 is 0 Å². The van der Waals surface area contributed by atoms with Gasteiger partial charge >= 0.3 is 11.9 Å². The molecule has 0 saturated heterocycles. The van der Waals surface area contributed by atoms with Crippen LogP contribution in [0.5, 0.6) is 0 Å². The van der Waals surface area contributed by atoms with Crippen molar-refractivity contribution in [1.29, 1.82) is 0 Å². The molecular weight excluding hydrogens is 508 g/mol. The van der Waals surface area contributed by atoms with Gasteiger partial charge in [0.05, 0.1) is 22.2 Å². The smallest absolute Gasteiger partial charge is 0.344 e. The molecule has 40 heavy (non-hydrogen) atoms. The zero-order valence-corrected chi connectivity index (χ0v) is 26.9. The topological polar surface area (TPSA) is 113 Å². The van der Waals surface area contributed by atoms with E-state index in [1.807, 2.05) is 48.5 Å². The van der Waals surface area contributed by atoms with Gasteiger partial charge in [-0.3, -0.25) is 4.79 Å². The first-order valence-corrected chi connectivity index (χ1v) is 16.0. The van der Waals surface area contributed by atoms with Crippen molar-refractivity contribution in [2.75, 3.05) is 6.61 Å². The molecule has 7 nitrogen and oxygen atoms in total. The second-order valence-corrected chi connectivity index (χ2v) is 14.6. The Labute approximate surface area is 242 Å². The first-order chi connectivity index (χ1) is 18.4. The van der Waals surface area contributed by atoms with Gasteiger partial charge in [-0.1, -0.05) is 48.5 Å². The molecule has 4 aliphatic carbocycles. The average molecular weight is 567 g/mol. The van der Waals surface area contributed by atoms with Crippen molar-refractivity contribution in [3.63, 3.8) is 0 Å². The van der Waals surface area contributed by atoms with E-state index in [4.69, 9.17) is 9.47 Å². The van der Waals surface area contributed by atoms with Gasteiger partial charge in [-0.05, 0) is 97.3 Å². The fraction of sp³-hybridized carbons (Fsp3) is 0.939. The first kappa shape index (κ1) is 33.3. The van der Waals surface area contributed by atoms with Gasteiger partial charge in [0.1, 0.15) is 5.60 Å². The number of hydrogen-bond donors (Lipinski definition) is 3. The Morgan fingerprint density at radius 1 is 0.600 bits per heavy atom. The lowest BCUT2D eigenvalue weighted by atomic mass is 9.30. The molecule has 232 valence electrons. The monoisotopic (exact) mass is 566 g/mol. The molecule has 0 aliphatic heterocycles. The van der Waals surface area contributed by atoms with Gasteiger partial charge < -0.3 is 24.8 Å². The van der Waals surface area contributed by atoms with Crippen LogP contribution in [0.1, 0.15) is 146 Å². The van der Waals surface area contributed by atoms with Gasteiger partial charge in [0.15, 0.2) is 6.61 Å². The summed E-state index contributed by atoms with van der Waals surface area (Å²) in [5.74, 6) is -1.04. The molecule has 0 unspecified atom stereocenters. The Morgan fingerprint density at radius 2 is 0.925 bits per heavy atom. The zero-order chi connectivity index (χ0) is 30.5. The number of esters is 2. The summed E-state index contributed by atoms with van der Waals surface area (Å²) >= 11 is 0. The second kappa shape index (κ2) is 10.8. The largest absolute Gasteiger partial charge is 0.456 e. The van der Waals surface area contributed by atoms with Gasteiger partial charge in [-0.2, -0.15) is 0 Å². The lowest BCUT2D eigenvalue weighted by molar-refractivity contribution is -0.345. The SMILES string of the molecule is CCC(C)(C)C(=O)OCC(=O)OC12CC3(C(O)(CC)CC)CC(C(O)(CC)CC)(C1)CC(C(O)(CC)CC)(C2)C3. The molecule has 7 heteroatoms. The van der Waals surface area contributed by atoms with Crippen LogP contribution in [0.25, 0.3) is 0 Å². The summed E-state index contributed by atoms with van der Waals surface area (Å²) in [6.07, 6.45) is 7.18. The Bertz CT molecular complexity index is 849. The Kier molecular flexibility index (Phi) is 9.02. The summed E-state index contributed by atoms with van der Waals surface area (Å²) in [5.41, 5.74) is -6.70. The van der Waals surface area contributed by atoms with Crippen LogP contribution in [-0.4, -0.2) is 56.3 Å². The Balaban J connectivity index is 2.17. The highest BCUT2D eigenvalue weighted by Gasteiger charge is 2.78. The molecule has 0 radical (unpaired) electrons. The average Bonchev–Trinajstić information content (AvgIpc) is 2.92. The van der Waals surface area contributed by atoms with Crippen LogP contribution in [0.15, 0.2) is 0 Å². The van der Waals surface area contributed by atoms with Crippen LogP contribution in [0, 0.1) is 21.7 Å². The molecule has 4 bridgehead atoms. The van der Waals surface area contributed by atoms with E-state index in [0.29, 0.717) is 83.5 Å². The molecule has 3 N–H and O–H groups in total. The third kappa shape index (κ3) is 4.84. The molecule has 4 fully saturated rings. The van der Waals surface area contributed by atoms with Crippen molar-refractivity contribution in [2.24, 2.45) is 21.7 Å². The summed E-state index contributed by atoms with van der Waals surface area (Å²) in [5, 5.41) is 36.9. The molecule has 0 heterocycles. The van der Waals surface area contributed by atoms with Crippen LogP contribution in [0.3, 0.4) is 0 Å². The molecule has 4 saturated carbocycles. The standard InChI is InChI=1S/C33H58O7/c1-10-26(8,9)25(35)39-17-24(34)40-30-21-27(31(36,11-2)12-3)18-28(22-30,32(37,13-4)14-5)20-29(19-27,23-30)33(38,15-6)16-7/h36-38H,10-23H2,1-9H3. The Morgan fingerprint density at radius 3 is 1.20 bits per heavy atom. The maximum absolute atomic E-state index is 13.4. The number of carbonyl (C=O) groups excluding carboxylic acids is 2. The summed E-state index contributed by atoms with van der Waals surface area (Å²) in [7, 11) is 0. The van der Waals surface area contributed by atoms with Crippen LogP contribution in [0.4, 0.5) is 0 Å². The quantitative estimate of drug-likeness (QED) is 0.213. The van der Waals surface area contributed by atoms with E-state index in [-0.39, 0.29) is 0 Å². The van der Waals surface area contributed by atoms with Crippen LogP contribution >= 0.6 is 0 Å². The van der Waals surface area contributed by atoms with Gasteiger partial charge in [0.25, 0.3) is 0 Å². The molecule has 0 aromatic rings. The molecule has 4 rings (SSSR count). The molecular formula is C33H58O7. The number of ether oxygens (including phenoxy) is 2. The van der Waals surface area contributed by atoms with Gasteiger partial charge in [-0.15, -0.1) is 0 Å². The maximum atomic E-state index is 13.4. The third-order valence-electron chi connectivity index (χ3n) is 12.6. The maximum Gasteiger partial charge on any atom is 0.344 e. The van der Waals surface area contributed by atoms with E-state index in [1.54, 1.807) is 13.8 Å². The number of aliphatic hydroxyl groups is 3. The van der Waals surface area contributed by atoms with E-state index in [0.717, 1.165) is 0 Å². The minimum atomic E-state index is -1.04. The van der Waals surface area contributed by atoms with E-state index in [9.17, 15) is 24.9 Å². The zero-order valence-electron chi connectivity index (χ0n) is 26.9. The van der Waals surface area contributed by atoms with Gasteiger partial charge in [0, 0.05) is 16.2 Å². The molecule has 0 aromatic carbocycles. The number of carbonyl (C=O) groups is 2. The highest BCUT2D eigenvalue weighted by Crippen LogP contribution is 2.79. The summed E-state index contributed by atoms with van der Waals surface area (Å²) in [4.78, 5) is 26.1. The van der Waals surface area contributed by atoms with Crippen molar-refractivity contribution in [2.45, 2.75) is 168 Å². The predicted molar refractivity (Wildman–Crippen MR) is 155 cm³/mol. The summed E-state index contributed by atoms with van der Waals surface area (Å²) in [6.45, 7) is 17.1. The lowest BCUT2D eigenvalue weighted by Gasteiger charge is -2.77.